The molecule has 4 heteroatoms. The molecular formula is C14H24N2O2. The molecule has 0 aliphatic carbocycles. The lowest BCUT2D eigenvalue weighted by Crippen LogP contribution is -2.24. The van der Waals surface area contributed by atoms with Crippen LogP contribution in [-0.2, 0) is 16.0 Å². The lowest BCUT2D eigenvalue weighted by atomic mass is 10.3. The van der Waals surface area contributed by atoms with E-state index in [0.717, 1.165) is 30.9 Å². The average Bonchev–Trinajstić information content (AvgIpc) is 2.35. The summed E-state index contributed by atoms with van der Waals surface area (Å²) in [6.45, 7) is 8.98. The van der Waals surface area contributed by atoms with Gasteiger partial charge in [0.2, 0.25) is 0 Å². The van der Waals surface area contributed by atoms with Gasteiger partial charge in [-0.25, -0.2) is 0 Å². The Morgan fingerprint density at radius 3 is 2.56 bits per heavy atom. The minimum atomic E-state index is -0.0991. The highest BCUT2D eigenvalue weighted by Crippen LogP contribution is 2.01. The first-order chi connectivity index (χ1) is 8.76. The Morgan fingerprint density at radius 2 is 1.94 bits per heavy atom. The molecule has 0 aromatic carbocycles. The van der Waals surface area contributed by atoms with Crippen molar-refractivity contribution < 1.29 is 9.47 Å². The third kappa shape index (κ3) is 6.10. The largest absolute Gasteiger partial charge is 0.353 e. The normalized spacial score (nSPS) is 11.1. The van der Waals surface area contributed by atoms with Crippen LogP contribution in [0.5, 0.6) is 0 Å². The van der Waals surface area contributed by atoms with Crippen LogP contribution in [0, 0.1) is 6.92 Å². The van der Waals surface area contributed by atoms with Crippen molar-refractivity contribution in [2.45, 2.75) is 40.0 Å². The Kier molecular flexibility index (Phi) is 7.57. The van der Waals surface area contributed by atoms with Gasteiger partial charge in [-0.3, -0.25) is 4.98 Å². The van der Waals surface area contributed by atoms with Crippen molar-refractivity contribution in [3.8, 4) is 0 Å². The maximum Gasteiger partial charge on any atom is 0.158 e. The quantitative estimate of drug-likeness (QED) is 0.541. The van der Waals surface area contributed by atoms with Gasteiger partial charge in [0.1, 0.15) is 0 Å². The average molecular weight is 252 g/mol. The van der Waals surface area contributed by atoms with Gasteiger partial charge in [0.15, 0.2) is 6.29 Å². The zero-order valence-corrected chi connectivity index (χ0v) is 11.6. The molecule has 18 heavy (non-hydrogen) atoms. The Morgan fingerprint density at radius 1 is 1.22 bits per heavy atom. The lowest BCUT2D eigenvalue weighted by molar-refractivity contribution is -0.138. The second-order valence-electron chi connectivity index (χ2n) is 4.08. The van der Waals surface area contributed by atoms with E-state index in [1.807, 2.05) is 39.0 Å². The summed E-state index contributed by atoms with van der Waals surface area (Å²) in [6.07, 6.45) is 0.756. The number of nitrogens with one attached hydrogen (secondary N) is 1. The number of hydrogen-bond acceptors (Lipinski definition) is 4. The van der Waals surface area contributed by atoms with Gasteiger partial charge in [0.05, 0.1) is 5.69 Å². The third-order valence-corrected chi connectivity index (χ3v) is 2.51. The van der Waals surface area contributed by atoms with Crippen molar-refractivity contribution in [2.75, 3.05) is 19.8 Å². The van der Waals surface area contributed by atoms with Gasteiger partial charge in [-0.05, 0) is 32.9 Å². The second kappa shape index (κ2) is 9.03. The molecule has 4 nitrogen and oxygen atoms in total. The number of pyridine rings is 1. The highest BCUT2D eigenvalue weighted by atomic mass is 16.7. The molecule has 1 aromatic heterocycles. The molecule has 0 aliphatic heterocycles. The van der Waals surface area contributed by atoms with Crippen molar-refractivity contribution in [1.29, 1.82) is 0 Å². The number of hydrogen-bond donors (Lipinski definition) is 1. The number of rotatable bonds is 9. The highest BCUT2D eigenvalue weighted by Gasteiger charge is 2.06. The molecule has 0 saturated carbocycles. The highest BCUT2D eigenvalue weighted by molar-refractivity contribution is 5.09. The molecule has 102 valence electrons. The van der Waals surface area contributed by atoms with Gasteiger partial charge in [-0.2, -0.15) is 0 Å². The van der Waals surface area contributed by atoms with Gasteiger partial charge in [0.25, 0.3) is 0 Å². The van der Waals surface area contributed by atoms with E-state index in [1.54, 1.807) is 0 Å². The van der Waals surface area contributed by atoms with Crippen LogP contribution in [0.25, 0.3) is 0 Å². The first-order valence-corrected chi connectivity index (χ1v) is 6.62. The van der Waals surface area contributed by atoms with E-state index in [0.29, 0.717) is 13.2 Å². The molecule has 1 rings (SSSR count). The first kappa shape index (κ1) is 15.1. The molecule has 1 heterocycles. The first-order valence-electron chi connectivity index (χ1n) is 6.62. The molecule has 0 saturated heterocycles. The monoisotopic (exact) mass is 252 g/mol. The summed E-state index contributed by atoms with van der Waals surface area (Å²) in [5.74, 6) is 0. The molecule has 0 bridgehead atoms. The van der Waals surface area contributed by atoms with Crippen molar-refractivity contribution >= 4 is 0 Å². The summed E-state index contributed by atoms with van der Waals surface area (Å²) < 4.78 is 11.0. The molecule has 0 radical (unpaired) electrons. The van der Waals surface area contributed by atoms with Crippen LogP contribution >= 0.6 is 0 Å². The van der Waals surface area contributed by atoms with E-state index in [4.69, 9.17) is 9.47 Å². The number of aromatic nitrogens is 1. The molecule has 0 amide bonds. The van der Waals surface area contributed by atoms with E-state index >= 15 is 0 Å². The number of nitrogens with zero attached hydrogens (tertiary/aromatic N) is 1. The lowest BCUT2D eigenvalue weighted by Gasteiger charge is -2.16. The molecule has 0 aliphatic rings. The molecule has 0 spiro atoms. The molecule has 0 atom stereocenters. The fraction of sp³-hybridized carbons (Fsp3) is 0.643. The predicted molar refractivity (Wildman–Crippen MR) is 72.3 cm³/mol. The molecular weight excluding hydrogens is 228 g/mol. The third-order valence-electron chi connectivity index (χ3n) is 2.51. The number of aryl methyl sites for hydroxylation is 1. The van der Waals surface area contributed by atoms with Gasteiger partial charge >= 0.3 is 0 Å². The maximum absolute atomic E-state index is 5.48. The SMILES string of the molecule is CCOC(CCNCc1cccc(C)n1)OCC. The zero-order chi connectivity index (χ0) is 13.2. The van der Waals surface area contributed by atoms with Gasteiger partial charge in [-0.1, -0.05) is 6.07 Å². The van der Waals surface area contributed by atoms with Gasteiger partial charge in [-0.15, -0.1) is 0 Å². The van der Waals surface area contributed by atoms with Crippen LogP contribution in [0.3, 0.4) is 0 Å². The Hall–Kier alpha value is -0.970. The van der Waals surface area contributed by atoms with Crippen LogP contribution < -0.4 is 5.32 Å². The van der Waals surface area contributed by atoms with E-state index in [1.165, 1.54) is 0 Å². The van der Waals surface area contributed by atoms with E-state index in [9.17, 15) is 0 Å². The molecule has 1 aromatic rings. The summed E-state index contributed by atoms with van der Waals surface area (Å²) >= 11 is 0. The fourth-order valence-electron chi connectivity index (χ4n) is 1.72. The summed E-state index contributed by atoms with van der Waals surface area (Å²) in [5, 5.41) is 3.35. The van der Waals surface area contributed by atoms with Crippen molar-refractivity contribution in [3.05, 3.63) is 29.6 Å². The second-order valence-corrected chi connectivity index (χ2v) is 4.08. The van der Waals surface area contributed by atoms with Crippen LogP contribution in [0.15, 0.2) is 18.2 Å². The topological polar surface area (TPSA) is 43.4 Å². The van der Waals surface area contributed by atoms with Crippen molar-refractivity contribution in [2.24, 2.45) is 0 Å². The summed E-state index contributed by atoms with van der Waals surface area (Å²) in [7, 11) is 0. The minimum absolute atomic E-state index is 0.0991. The number of ether oxygens (including phenoxy) is 2. The van der Waals surface area contributed by atoms with Crippen LogP contribution in [0.2, 0.25) is 0 Å². The Labute approximate surface area is 110 Å². The molecule has 0 fully saturated rings. The van der Waals surface area contributed by atoms with E-state index in [-0.39, 0.29) is 6.29 Å². The predicted octanol–water partition coefficient (Wildman–Crippen LogP) is 2.27. The van der Waals surface area contributed by atoms with Crippen LogP contribution in [0.4, 0.5) is 0 Å². The van der Waals surface area contributed by atoms with Gasteiger partial charge < -0.3 is 14.8 Å². The minimum Gasteiger partial charge on any atom is -0.353 e. The molecule has 1 N–H and O–H groups in total. The van der Waals surface area contributed by atoms with Crippen molar-refractivity contribution in [1.82, 2.24) is 10.3 Å². The Balaban J connectivity index is 2.20. The summed E-state index contributed by atoms with van der Waals surface area (Å²) in [5.41, 5.74) is 2.12. The zero-order valence-electron chi connectivity index (χ0n) is 11.6. The maximum atomic E-state index is 5.48. The van der Waals surface area contributed by atoms with Gasteiger partial charge in [0, 0.05) is 38.4 Å². The van der Waals surface area contributed by atoms with E-state index in [2.05, 4.69) is 10.3 Å². The van der Waals surface area contributed by atoms with E-state index < -0.39 is 0 Å². The Bertz CT molecular complexity index is 325. The fourth-order valence-corrected chi connectivity index (χ4v) is 1.72. The standard InChI is InChI=1S/C14H24N2O2/c1-4-17-14(18-5-2)9-10-15-11-13-8-6-7-12(3)16-13/h6-8,14-15H,4-5,9-11H2,1-3H3. The summed E-state index contributed by atoms with van der Waals surface area (Å²) in [4.78, 5) is 4.44. The molecule has 0 unspecified atom stereocenters. The van der Waals surface area contributed by atoms with Crippen molar-refractivity contribution in [3.63, 3.8) is 0 Å². The van der Waals surface area contributed by atoms with Crippen LogP contribution in [0.1, 0.15) is 31.7 Å². The smallest absolute Gasteiger partial charge is 0.158 e. The summed E-state index contributed by atoms with van der Waals surface area (Å²) in [6, 6.07) is 6.06. The van der Waals surface area contributed by atoms with Crippen LogP contribution in [-0.4, -0.2) is 31.0 Å².